The van der Waals surface area contributed by atoms with Crippen molar-refractivity contribution >= 4 is 19.5 Å². The molecule has 1 aliphatic heterocycles. The fourth-order valence-corrected chi connectivity index (χ4v) is 4.38. The Morgan fingerprint density at radius 2 is 1.84 bits per heavy atom. The first kappa shape index (κ1) is 15.6. The van der Waals surface area contributed by atoms with E-state index in [1.54, 1.807) is 0 Å². The van der Waals surface area contributed by atoms with E-state index in [0.717, 1.165) is 12.3 Å². The molecule has 0 spiro atoms. The number of rotatable bonds is 2. The molecule has 3 aliphatic carbocycles. The summed E-state index contributed by atoms with van der Waals surface area (Å²) in [4.78, 5) is 0. The summed E-state index contributed by atoms with van der Waals surface area (Å²) in [7, 11) is -0.213. The molecule has 0 aromatic carbocycles. The summed E-state index contributed by atoms with van der Waals surface area (Å²) < 4.78 is 12.5. The van der Waals surface area contributed by atoms with E-state index in [-0.39, 0.29) is 37.2 Å². The van der Waals surface area contributed by atoms with Gasteiger partial charge in [-0.05, 0) is 42.9 Å². The number of halogens is 1. The fraction of sp³-hybridized carbons (Fsp3) is 1.00. The Hall–Kier alpha value is 0.235. The molecule has 0 radical (unpaired) electrons. The van der Waals surface area contributed by atoms with Crippen molar-refractivity contribution < 1.29 is 9.31 Å². The van der Waals surface area contributed by atoms with Gasteiger partial charge >= 0.3 is 7.12 Å². The van der Waals surface area contributed by atoms with Gasteiger partial charge in [0.1, 0.15) is 0 Å². The van der Waals surface area contributed by atoms with Crippen LogP contribution in [0.4, 0.5) is 0 Å². The minimum absolute atomic E-state index is 0. The summed E-state index contributed by atoms with van der Waals surface area (Å²) in [6, 6.07) is 0. The van der Waals surface area contributed by atoms with Gasteiger partial charge in [-0.3, -0.25) is 0 Å². The molecule has 19 heavy (non-hydrogen) atoms. The van der Waals surface area contributed by atoms with Crippen molar-refractivity contribution in [3.63, 3.8) is 0 Å². The monoisotopic (exact) mass is 287 g/mol. The molecule has 110 valence electrons. The van der Waals surface area contributed by atoms with Crippen LogP contribution in [0.1, 0.15) is 47.5 Å². The molecule has 2 N–H and O–H groups in total. The van der Waals surface area contributed by atoms with Crippen molar-refractivity contribution in [2.45, 2.75) is 65.1 Å². The standard InChI is InChI=1S/C14H26BNO2.ClH/c1-8(2)12(16)15-17-11-7-9-6-10(13(9,3)4)14(11,5)18-15;/h8-12H,6-7,16H2,1-5H3;1H/t9?,10?,11?,12?,14-;/m0./s1. The Kier molecular flexibility index (Phi) is 3.80. The van der Waals surface area contributed by atoms with Crippen LogP contribution in [0.2, 0.25) is 0 Å². The molecule has 4 aliphatic rings. The average molecular weight is 288 g/mol. The maximum atomic E-state index is 6.31. The molecule has 2 bridgehead atoms. The largest absolute Gasteiger partial charge is 0.475 e. The molecule has 1 heterocycles. The molecule has 3 saturated carbocycles. The maximum absolute atomic E-state index is 6.31. The van der Waals surface area contributed by atoms with Gasteiger partial charge in [0.25, 0.3) is 0 Å². The van der Waals surface area contributed by atoms with Gasteiger partial charge in [0.2, 0.25) is 0 Å². The number of hydrogen-bond donors (Lipinski definition) is 1. The molecule has 4 fully saturated rings. The lowest BCUT2D eigenvalue weighted by molar-refractivity contribution is -0.199. The van der Waals surface area contributed by atoms with E-state index in [2.05, 4.69) is 34.6 Å². The second-order valence-electron chi connectivity index (χ2n) is 7.66. The van der Waals surface area contributed by atoms with Crippen LogP contribution in [-0.2, 0) is 9.31 Å². The summed E-state index contributed by atoms with van der Waals surface area (Å²) in [5.41, 5.74) is 6.50. The van der Waals surface area contributed by atoms with E-state index in [1.807, 2.05) is 0 Å². The van der Waals surface area contributed by atoms with E-state index in [1.165, 1.54) is 6.42 Å². The van der Waals surface area contributed by atoms with Crippen LogP contribution in [0.3, 0.4) is 0 Å². The van der Waals surface area contributed by atoms with Crippen LogP contribution in [0, 0.1) is 23.2 Å². The summed E-state index contributed by atoms with van der Waals surface area (Å²) >= 11 is 0. The fourth-order valence-electron chi connectivity index (χ4n) is 4.38. The zero-order chi connectivity index (χ0) is 13.3. The van der Waals surface area contributed by atoms with Crippen LogP contribution in [0.5, 0.6) is 0 Å². The minimum Gasteiger partial charge on any atom is -0.404 e. The highest BCUT2D eigenvalue weighted by Crippen LogP contribution is 2.65. The molecule has 5 heteroatoms. The Balaban J connectivity index is 0.00000133. The highest BCUT2D eigenvalue weighted by Gasteiger charge is 2.68. The third-order valence-electron chi connectivity index (χ3n) is 6.05. The Morgan fingerprint density at radius 3 is 2.37 bits per heavy atom. The van der Waals surface area contributed by atoms with E-state index in [9.17, 15) is 0 Å². The van der Waals surface area contributed by atoms with Crippen molar-refractivity contribution in [2.75, 3.05) is 0 Å². The van der Waals surface area contributed by atoms with Gasteiger partial charge in [-0.1, -0.05) is 27.7 Å². The maximum Gasteiger partial charge on any atom is 0.475 e. The first-order valence-corrected chi connectivity index (χ1v) is 7.35. The lowest BCUT2D eigenvalue weighted by atomic mass is 9.43. The number of hydrogen-bond acceptors (Lipinski definition) is 3. The minimum atomic E-state index is -0.213. The Morgan fingerprint density at radius 1 is 1.21 bits per heavy atom. The first-order chi connectivity index (χ1) is 8.26. The predicted octanol–water partition coefficient (Wildman–Crippen LogP) is 2.66. The first-order valence-electron chi connectivity index (χ1n) is 7.35. The Bertz CT molecular complexity index is 365. The molecular formula is C14H27BClNO2. The van der Waals surface area contributed by atoms with Crippen molar-refractivity contribution in [1.82, 2.24) is 0 Å². The summed E-state index contributed by atoms with van der Waals surface area (Å²) in [5.74, 6) is 1.80. The zero-order valence-corrected chi connectivity index (χ0v) is 13.5. The lowest BCUT2D eigenvalue weighted by Crippen LogP contribution is -2.65. The molecule has 5 atom stereocenters. The molecule has 0 aromatic rings. The second-order valence-corrected chi connectivity index (χ2v) is 7.66. The van der Waals surface area contributed by atoms with E-state index < -0.39 is 0 Å². The molecule has 3 nitrogen and oxygen atoms in total. The van der Waals surface area contributed by atoms with Gasteiger partial charge in [-0.15, -0.1) is 12.4 Å². The van der Waals surface area contributed by atoms with Gasteiger partial charge in [-0.2, -0.15) is 0 Å². The van der Waals surface area contributed by atoms with Crippen molar-refractivity contribution in [1.29, 1.82) is 0 Å². The summed E-state index contributed by atoms with van der Waals surface area (Å²) in [6.45, 7) is 11.3. The van der Waals surface area contributed by atoms with E-state index in [0.29, 0.717) is 17.3 Å². The third kappa shape index (κ3) is 1.98. The zero-order valence-electron chi connectivity index (χ0n) is 12.7. The van der Waals surface area contributed by atoms with Crippen molar-refractivity contribution in [2.24, 2.45) is 28.9 Å². The van der Waals surface area contributed by atoms with Crippen LogP contribution >= 0.6 is 12.4 Å². The molecule has 0 aromatic heterocycles. The molecule has 4 unspecified atom stereocenters. The van der Waals surface area contributed by atoms with Gasteiger partial charge in [0, 0.05) is 5.94 Å². The second kappa shape index (κ2) is 4.62. The highest BCUT2D eigenvalue weighted by molar-refractivity contribution is 6.47. The van der Waals surface area contributed by atoms with Gasteiger partial charge in [0.15, 0.2) is 0 Å². The molecule has 1 saturated heterocycles. The topological polar surface area (TPSA) is 44.5 Å². The van der Waals surface area contributed by atoms with Gasteiger partial charge in [0.05, 0.1) is 11.7 Å². The van der Waals surface area contributed by atoms with E-state index >= 15 is 0 Å². The quantitative estimate of drug-likeness (QED) is 0.794. The SMILES string of the molecule is CC(C)C(N)B1OC2CC3CC(C3(C)C)[C@]2(C)O1.Cl. The highest BCUT2D eigenvalue weighted by atomic mass is 35.5. The number of nitrogens with two attached hydrogens (primary N) is 1. The lowest BCUT2D eigenvalue weighted by Gasteiger charge is -2.64. The van der Waals surface area contributed by atoms with Gasteiger partial charge in [-0.25, -0.2) is 0 Å². The van der Waals surface area contributed by atoms with Crippen LogP contribution < -0.4 is 5.73 Å². The van der Waals surface area contributed by atoms with Crippen molar-refractivity contribution in [3.8, 4) is 0 Å². The molecular weight excluding hydrogens is 260 g/mol. The van der Waals surface area contributed by atoms with Crippen LogP contribution in [0.15, 0.2) is 0 Å². The van der Waals surface area contributed by atoms with E-state index in [4.69, 9.17) is 15.0 Å². The van der Waals surface area contributed by atoms with Crippen LogP contribution in [-0.4, -0.2) is 24.8 Å². The Labute approximate surface area is 123 Å². The smallest absolute Gasteiger partial charge is 0.404 e. The summed E-state index contributed by atoms with van der Waals surface area (Å²) in [6.07, 6.45) is 2.69. The molecule has 4 rings (SSSR count). The van der Waals surface area contributed by atoms with Crippen LogP contribution in [0.25, 0.3) is 0 Å². The summed E-state index contributed by atoms with van der Waals surface area (Å²) in [5, 5.41) is 0. The molecule has 0 amide bonds. The average Bonchev–Trinajstić information content (AvgIpc) is 2.63. The van der Waals surface area contributed by atoms with Crippen molar-refractivity contribution in [3.05, 3.63) is 0 Å². The predicted molar refractivity (Wildman–Crippen MR) is 80.2 cm³/mol. The normalized spacial score (nSPS) is 44.4. The third-order valence-corrected chi connectivity index (χ3v) is 6.05. The van der Waals surface area contributed by atoms with Gasteiger partial charge < -0.3 is 15.0 Å².